The molecule has 0 radical (unpaired) electrons. The zero-order valence-corrected chi connectivity index (χ0v) is 18.9. The molecule has 0 amide bonds. The van der Waals surface area contributed by atoms with Gasteiger partial charge in [0.05, 0.1) is 23.9 Å². The van der Waals surface area contributed by atoms with Crippen molar-refractivity contribution >= 4 is 16.6 Å². The van der Waals surface area contributed by atoms with Gasteiger partial charge in [-0.2, -0.15) is 18.3 Å². The van der Waals surface area contributed by atoms with Gasteiger partial charge in [0.1, 0.15) is 5.82 Å². The van der Waals surface area contributed by atoms with Gasteiger partial charge < -0.3 is 10.4 Å². The number of rotatable bonds is 6. The van der Waals surface area contributed by atoms with Crippen molar-refractivity contribution in [3.63, 3.8) is 0 Å². The summed E-state index contributed by atoms with van der Waals surface area (Å²) in [5.74, 6) is -0.408. The zero-order valence-electron chi connectivity index (χ0n) is 18.9. The van der Waals surface area contributed by atoms with Crippen LogP contribution in [0, 0.1) is 5.82 Å². The van der Waals surface area contributed by atoms with Crippen molar-refractivity contribution in [2.24, 2.45) is 0 Å². The minimum atomic E-state index is -4.95. The number of nitrogens with one attached hydrogen (secondary N) is 1. The van der Waals surface area contributed by atoms with Gasteiger partial charge in [0.25, 0.3) is 0 Å². The Balaban J connectivity index is 1.45. The van der Waals surface area contributed by atoms with E-state index in [4.69, 9.17) is 0 Å². The van der Waals surface area contributed by atoms with Gasteiger partial charge in [0.2, 0.25) is 5.60 Å². The third kappa shape index (κ3) is 4.43. The third-order valence-corrected chi connectivity index (χ3v) is 6.10. The molecule has 1 atom stereocenters. The van der Waals surface area contributed by atoms with Gasteiger partial charge in [-0.1, -0.05) is 48.5 Å². The van der Waals surface area contributed by atoms with Crippen molar-refractivity contribution in [1.82, 2.24) is 9.78 Å². The van der Waals surface area contributed by atoms with Crippen LogP contribution in [0.2, 0.25) is 0 Å². The van der Waals surface area contributed by atoms with Crippen LogP contribution >= 0.6 is 0 Å². The number of fused-ring (bicyclic) bond motifs is 1. The topological polar surface area (TPSA) is 50.1 Å². The molecule has 0 bridgehead atoms. The van der Waals surface area contributed by atoms with E-state index in [0.29, 0.717) is 22.3 Å². The molecule has 1 aromatic heterocycles. The maximum absolute atomic E-state index is 14.2. The molecule has 0 spiro atoms. The van der Waals surface area contributed by atoms with E-state index in [0.717, 1.165) is 11.1 Å². The number of alkyl halides is 3. The first-order valence-corrected chi connectivity index (χ1v) is 11.2. The van der Waals surface area contributed by atoms with Gasteiger partial charge in [-0.15, -0.1) is 0 Å². The molecular formula is C28H21F4N3O. The number of hydrogen-bond acceptors (Lipinski definition) is 3. The lowest BCUT2D eigenvalue weighted by atomic mass is 9.91. The number of halogens is 4. The van der Waals surface area contributed by atoms with Gasteiger partial charge in [-0.25, -0.2) is 9.07 Å². The molecule has 182 valence electrons. The lowest BCUT2D eigenvalue weighted by Crippen LogP contribution is -2.47. The van der Waals surface area contributed by atoms with E-state index in [1.807, 2.05) is 36.4 Å². The normalized spacial score (nSPS) is 13.5. The monoisotopic (exact) mass is 491 g/mol. The fourth-order valence-electron chi connectivity index (χ4n) is 4.11. The summed E-state index contributed by atoms with van der Waals surface area (Å²) in [6.07, 6.45) is -3.53. The maximum atomic E-state index is 14.2. The van der Waals surface area contributed by atoms with Crippen LogP contribution in [-0.2, 0) is 5.60 Å². The molecule has 4 aromatic carbocycles. The van der Waals surface area contributed by atoms with Crippen molar-refractivity contribution in [3.05, 3.63) is 115 Å². The molecule has 36 heavy (non-hydrogen) atoms. The van der Waals surface area contributed by atoms with Gasteiger partial charge >= 0.3 is 6.18 Å². The van der Waals surface area contributed by atoms with Crippen LogP contribution < -0.4 is 5.32 Å². The number of anilines is 1. The van der Waals surface area contributed by atoms with Crippen LogP contribution in [0.4, 0.5) is 23.2 Å². The Labute approximate surface area is 204 Å². The maximum Gasteiger partial charge on any atom is 0.423 e. The van der Waals surface area contributed by atoms with Crippen LogP contribution in [-0.4, -0.2) is 27.6 Å². The SMILES string of the molecule is OC(CNc1cccc(-c2ccccc2)c1)(c1ccc2c(cnn2-c2ccc(F)cc2)c1)C(F)(F)F. The summed E-state index contributed by atoms with van der Waals surface area (Å²) in [7, 11) is 0. The first kappa shape index (κ1) is 23.6. The summed E-state index contributed by atoms with van der Waals surface area (Å²) in [4.78, 5) is 0. The average Bonchev–Trinajstić information content (AvgIpc) is 3.31. The van der Waals surface area contributed by atoms with E-state index in [-0.39, 0.29) is 5.56 Å². The Kier molecular flexibility index (Phi) is 5.97. The standard InChI is InChI=1S/C28H21F4N3O/c29-23-10-12-25(13-11-23)35-26-14-9-22(15-21(26)17-34-35)27(36,28(30,31)32)18-33-24-8-4-7-20(16-24)19-5-2-1-3-6-19/h1-17,33,36H,18H2. The summed E-state index contributed by atoms with van der Waals surface area (Å²) in [6.45, 7) is -0.785. The number of nitrogens with zero attached hydrogens (tertiary/aromatic N) is 2. The molecule has 5 rings (SSSR count). The Hall–Kier alpha value is -4.17. The first-order chi connectivity index (χ1) is 17.2. The highest BCUT2D eigenvalue weighted by atomic mass is 19.4. The Morgan fingerprint density at radius 3 is 2.25 bits per heavy atom. The van der Waals surface area contributed by atoms with Crippen LogP contribution in [0.15, 0.2) is 103 Å². The second-order valence-corrected chi connectivity index (χ2v) is 8.46. The van der Waals surface area contributed by atoms with Gasteiger partial charge in [0, 0.05) is 11.1 Å². The molecule has 0 fully saturated rings. The van der Waals surface area contributed by atoms with Crippen molar-refractivity contribution in [2.45, 2.75) is 11.8 Å². The number of aromatic nitrogens is 2. The molecule has 0 saturated carbocycles. The molecule has 0 aliphatic heterocycles. The summed E-state index contributed by atoms with van der Waals surface area (Å²) in [5, 5.41) is 18.3. The minimum absolute atomic E-state index is 0.312. The van der Waals surface area contributed by atoms with E-state index in [1.54, 1.807) is 18.2 Å². The molecule has 0 aliphatic rings. The highest BCUT2D eigenvalue weighted by molar-refractivity contribution is 5.81. The van der Waals surface area contributed by atoms with Crippen molar-refractivity contribution in [2.75, 3.05) is 11.9 Å². The van der Waals surface area contributed by atoms with E-state index < -0.39 is 24.1 Å². The molecule has 8 heteroatoms. The number of aliphatic hydroxyl groups is 1. The molecule has 4 nitrogen and oxygen atoms in total. The van der Waals surface area contributed by atoms with Crippen LogP contribution in [0.5, 0.6) is 0 Å². The molecule has 0 aliphatic carbocycles. The van der Waals surface area contributed by atoms with E-state index in [2.05, 4.69) is 10.4 Å². The summed E-state index contributed by atoms with van der Waals surface area (Å²) in [5.41, 5.74) is -0.163. The lowest BCUT2D eigenvalue weighted by Gasteiger charge is -2.31. The van der Waals surface area contributed by atoms with Gasteiger partial charge in [-0.3, -0.25) is 0 Å². The molecule has 0 saturated heterocycles. The second kappa shape index (κ2) is 9.13. The molecular weight excluding hydrogens is 470 g/mol. The largest absolute Gasteiger partial charge is 0.423 e. The summed E-state index contributed by atoms with van der Waals surface area (Å²) >= 11 is 0. The molecule has 2 N–H and O–H groups in total. The van der Waals surface area contributed by atoms with E-state index >= 15 is 0 Å². The summed E-state index contributed by atoms with van der Waals surface area (Å²) < 4.78 is 57.4. The fourth-order valence-corrected chi connectivity index (χ4v) is 4.11. The van der Waals surface area contributed by atoms with Crippen LogP contribution in [0.25, 0.3) is 27.7 Å². The smallest absolute Gasteiger partial charge is 0.381 e. The molecule has 5 aromatic rings. The average molecular weight is 491 g/mol. The Bertz CT molecular complexity index is 1500. The zero-order chi connectivity index (χ0) is 25.3. The van der Waals surface area contributed by atoms with E-state index in [9.17, 15) is 22.7 Å². The summed E-state index contributed by atoms with van der Waals surface area (Å²) in [6, 6.07) is 26.0. The van der Waals surface area contributed by atoms with Crippen LogP contribution in [0.1, 0.15) is 5.56 Å². The second-order valence-electron chi connectivity index (χ2n) is 8.46. The fraction of sp³-hybridized carbons (Fsp3) is 0.107. The molecule has 1 unspecified atom stereocenters. The predicted octanol–water partition coefficient (Wildman–Crippen LogP) is 6.69. The van der Waals surface area contributed by atoms with Crippen molar-refractivity contribution in [1.29, 1.82) is 0 Å². The highest BCUT2D eigenvalue weighted by Gasteiger charge is 2.55. The highest BCUT2D eigenvalue weighted by Crippen LogP contribution is 2.40. The quantitative estimate of drug-likeness (QED) is 0.260. The molecule has 1 heterocycles. The first-order valence-electron chi connectivity index (χ1n) is 11.2. The minimum Gasteiger partial charge on any atom is -0.381 e. The number of benzene rings is 4. The van der Waals surface area contributed by atoms with Gasteiger partial charge in [0.15, 0.2) is 0 Å². The van der Waals surface area contributed by atoms with E-state index in [1.165, 1.54) is 53.3 Å². The Morgan fingerprint density at radius 2 is 1.53 bits per heavy atom. The van der Waals surface area contributed by atoms with Crippen LogP contribution in [0.3, 0.4) is 0 Å². The van der Waals surface area contributed by atoms with Gasteiger partial charge in [-0.05, 0) is 65.2 Å². The predicted molar refractivity (Wildman–Crippen MR) is 131 cm³/mol. The van der Waals surface area contributed by atoms with Crippen molar-refractivity contribution < 1.29 is 22.7 Å². The Morgan fingerprint density at radius 1 is 0.806 bits per heavy atom. The third-order valence-electron chi connectivity index (χ3n) is 6.10. The lowest BCUT2D eigenvalue weighted by molar-refractivity contribution is -0.260. The number of hydrogen-bond donors (Lipinski definition) is 2. The van der Waals surface area contributed by atoms with Crippen molar-refractivity contribution in [3.8, 4) is 16.8 Å².